The molecule has 4 saturated heterocycles. The van der Waals surface area contributed by atoms with Gasteiger partial charge in [-0.2, -0.15) is 0 Å². The van der Waals surface area contributed by atoms with Gasteiger partial charge in [0.2, 0.25) is 0 Å². The number of benzene rings is 2. The van der Waals surface area contributed by atoms with Gasteiger partial charge in [-0.15, -0.1) is 0 Å². The SMILES string of the molecule is CCOC(=O)C12C(c3ccc(F)cc3)C3(C(=O)OCC)C4(C)OC1(C)C1(C(=O)OCC)C(c5ccc(F)cc5)C4(C(=O)OCC)C3(C)OC21C. The molecule has 8 bridgehead atoms. The lowest BCUT2D eigenvalue weighted by atomic mass is 9.09. The second kappa shape index (κ2) is 10.3. The molecule has 0 atom stereocenters. The van der Waals surface area contributed by atoms with Gasteiger partial charge in [-0.05, 0) is 90.8 Å². The first-order chi connectivity index (χ1) is 23.6. The molecule has 4 aliphatic heterocycles. The number of hydrogen-bond donors (Lipinski definition) is 0. The highest BCUT2D eigenvalue weighted by atomic mass is 19.1. The van der Waals surface area contributed by atoms with Crippen molar-refractivity contribution >= 4 is 23.9 Å². The number of carbonyl (C=O) groups excluding carboxylic acids is 4. The third-order valence-electron chi connectivity index (χ3n) is 13.4. The first-order valence-electron chi connectivity index (χ1n) is 17.2. The number of hydrogen-bond acceptors (Lipinski definition) is 10. The fourth-order valence-electron chi connectivity index (χ4n) is 12.6. The molecule has 6 aliphatic rings. The van der Waals surface area contributed by atoms with Crippen LogP contribution < -0.4 is 0 Å². The Balaban J connectivity index is 1.74. The van der Waals surface area contributed by atoms with E-state index < -0.39 is 91.4 Å². The van der Waals surface area contributed by atoms with Gasteiger partial charge in [0.05, 0.1) is 26.4 Å². The molecule has 8 rings (SSSR count). The third kappa shape index (κ3) is 2.90. The summed E-state index contributed by atoms with van der Waals surface area (Å²) in [5.41, 5.74) is -15.0. The molecule has 0 radical (unpaired) electrons. The van der Waals surface area contributed by atoms with Crippen molar-refractivity contribution in [3.05, 3.63) is 71.3 Å². The fourth-order valence-corrected chi connectivity index (χ4v) is 12.6. The molecule has 2 aromatic rings. The first kappa shape index (κ1) is 34.5. The van der Waals surface area contributed by atoms with E-state index in [9.17, 15) is 8.78 Å². The molecule has 4 heterocycles. The highest BCUT2D eigenvalue weighted by molar-refractivity contribution is 6.05. The maximum absolute atomic E-state index is 15.1. The molecular formula is C38H42F2O10. The Morgan fingerprint density at radius 3 is 0.920 bits per heavy atom. The molecule has 6 fully saturated rings. The minimum absolute atomic E-state index is 0.0790. The maximum Gasteiger partial charge on any atom is 0.318 e. The molecule has 0 unspecified atom stereocenters. The molecular weight excluding hydrogens is 654 g/mol. The van der Waals surface area contributed by atoms with Crippen LogP contribution in [-0.2, 0) is 47.6 Å². The van der Waals surface area contributed by atoms with Gasteiger partial charge in [0.1, 0.15) is 55.7 Å². The fraction of sp³-hybridized carbons (Fsp3) is 0.579. The van der Waals surface area contributed by atoms with Crippen LogP contribution in [0.15, 0.2) is 48.5 Å². The Bertz CT molecular complexity index is 1570. The van der Waals surface area contributed by atoms with Crippen molar-refractivity contribution in [2.75, 3.05) is 26.4 Å². The molecule has 268 valence electrons. The van der Waals surface area contributed by atoms with Crippen LogP contribution in [0.5, 0.6) is 0 Å². The van der Waals surface area contributed by atoms with Gasteiger partial charge < -0.3 is 28.4 Å². The quantitative estimate of drug-likeness (QED) is 0.243. The zero-order valence-electron chi connectivity index (χ0n) is 29.4. The molecule has 0 amide bonds. The van der Waals surface area contributed by atoms with Gasteiger partial charge >= 0.3 is 23.9 Å². The summed E-state index contributed by atoms with van der Waals surface area (Å²) in [4.78, 5) is 60.3. The van der Waals surface area contributed by atoms with Gasteiger partial charge in [0.25, 0.3) is 0 Å². The van der Waals surface area contributed by atoms with Crippen molar-refractivity contribution in [1.82, 2.24) is 0 Å². The van der Waals surface area contributed by atoms with E-state index in [1.54, 1.807) is 55.4 Å². The van der Waals surface area contributed by atoms with Gasteiger partial charge in [0.15, 0.2) is 0 Å². The predicted octanol–water partition coefficient (Wildman–Crippen LogP) is 5.17. The summed E-state index contributed by atoms with van der Waals surface area (Å²) < 4.78 is 67.2. The second-order valence-corrected chi connectivity index (χ2v) is 14.4. The van der Waals surface area contributed by atoms with Crippen LogP contribution in [0, 0.1) is 33.3 Å². The normalized spacial score (nSPS) is 42.5. The average Bonchev–Trinajstić information content (AvgIpc) is 3.04. The van der Waals surface area contributed by atoms with Crippen LogP contribution in [0.1, 0.15) is 78.4 Å². The minimum Gasteiger partial charge on any atom is -0.465 e. The topological polar surface area (TPSA) is 124 Å². The number of ether oxygens (including phenoxy) is 6. The molecule has 2 saturated carbocycles. The predicted molar refractivity (Wildman–Crippen MR) is 170 cm³/mol. The first-order valence-corrected chi connectivity index (χ1v) is 17.2. The van der Waals surface area contributed by atoms with Gasteiger partial charge in [-0.25, -0.2) is 8.78 Å². The standard InChI is InChI=1S/C38H42F2O10/c1-9-45-27(41)35-25(21-13-17-23(39)18-14-21)36(28(42)46-10-2)33(7)38(30(44)48-12-4)26(22-15-19-24(40)20-16-22)37(29(43)47-11-3,31(35,5)49-33)32(35,6)50-34(36,38)8/h13-20,25-26H,9-12H2,1-8H3. The Hall–Kier alpha value is -3.90. The minimum atomic E-state index is -1.99. The summed E-state index contributed by atoms with van der Waals surface area (Å²) in [6, 6.07) is 10.8. The molecule has 0 aromatic heterocycles. The Morgan fingerprint density at radius 2 is 0.720 bits per heavy atom. The lowest BCUT2D eigenvalue weighted by Gasteiger charge is -2.99. The molecule has 12 heteroatoms. The van der Waals surface area contributed by atoms with Gasteiger partial charge in [0, 0.05) is 11.8 Å². The van der Waals surface area contributed by atoms with E-state index in [1.165, 1.54) is 48.5 Å². The van der Waals surface area contributed by atoms with E-state index in [0.29, 0.717) is 11.1 Å². The molecule has 50 heavy (non-hydrogen) atoms. The molecule has 0 N–H and O–H groups in total. The zero-order chi connectivity index (χ0) is 36.5. The van der Waals surface area contributed by atoms with E-state index in [2.05, 4.69) is 0 Å². The maximum atomic E-state index is 15.1. The van der Waals surface area contributed by atoms with Crippen molar-refractivity contribution in [2.24, 2.45) is 21.7 Å². The van der Waals surface area contributed by atoms with Crippen molar-refractivity contribution in [3.63, 3.8) is 0 Å². The van der Waals surface area contributed by atoms with E-state index in [4.69, 9.17) is 28.4 Å². The summed E-state index contributed by atoms with van der Waals surface area (Å²) in [7, 11) is 0. The summed E-state index contributed by atoms with van der Waals surface area (Å²) in [6.45, 7) is 12.6. The number of carbonyl (C=O) groups is 4. The van der Waals surface area contributed by atoms with Crippen molar-refractivity contribution in [3.8, 4) is 0 Å². The summed E-state index contributed by atoms with van der Waals surface area (Å²) in [5.74, 6) is -6.90. The molecule has 2 aliphatic carbocycles. The monoisotopic (exact) mass is 696 g/mol. The van der Waals surface area contributed by atoms with Crippen LogP contribution in [0.25, 0.3) is 0 Å². The molecule has 2 aromatic carbocycles. The van der Waals surface area contributed by atoms with Crippen LogP contribution in [0.2, 0.25) is 0 Å². The second-order valence-electron chi connectivity index (χ2n) is 14.4. The molecule has 10 nitrogen and oxygen atoms in total. The van der Waals surface area contributed by atoms with Crippen molar-refractivity contribution in [2.45, 2.75) is 89.6 Å². The average molecular weight is 697 g/mol. The summed E-state index contributed by atoms with van der Waals surface area (Å²) >= 11 is 0. The van der Waals surface area contributed by atoms with Crippen LogP contribution in [-0.4, -0.2) is 72.7 Å². The Morgan fingerprint density at radius 1 is 0.500 bits per heavy atom. The number of halogens is 2. The largest absolute Gasteiger partial charge is 0.465 e. The highest BCUT2D eigenvalue weighted by Crippen LogP contribution is 3.02. The number of rotatable bonds is 10. The van der Waals surface area contributed by atoms with E-state index in [-0.39, 0.29) is 26.4 Å². The smallest absolute Gasteiger partial charge is 0.318 e. The van der Waals surface area contributed by atoms with Crippen LogP contribution >= 0.6 is 0 Å². The zero-order valence-corrected chi connectivity index (χ0v) is 29.4. The lowest BCUT2D eigenvalue weighted by molar-refractivity contribution is -0.625. The Kier molecular flexibility index (Phi) is 7.14. The van der Waals surface area contributed by atoms with Crippen LogP contribution in [0.4, 0.5) is 8.78 Å². The molecule has 0 spiro atoms. The highest BCUT2D eigenvalue weighted by Gasteiger charge is 3.16. The van der Waals surface area contributed by atoms with Crippen molar-refractivity contribution in [1.29, 1.82) is 0 Å². The van der Waals surface area contributed by atoms with E-state index >= 15 is 19.2 Å². The van der Waals surface area contributed by atoms with Gasteiger partial charge in [-0.1, -0.05) is 24.3 Å². The lowest BCUT2D eigenvalue weighted by Crippen LogP contribution is -3.14. The van der Waals surface area contributed by atoms with E-state index in [1.807, 2.05) is 0 Å². The van der Waals surface area contributed by atoms with E-state index in [0.717, 1.165) is 0 Å². The van der Waals surface area contributed by atoms with Crippen molar-refractivity contribution < 1.29 is 56.4 Å². The number of esters is 4. The van der Waals surface area contributed by atoms with Gasteiger partial charge in [-0.3, -0.25) is 19.2 Å². The summed E-state index contributed by atoms with van der Waals surface area (Å²) in [5, 5.41) is 0. The van der Waals surface area contributed by atoms with Crippen LogP contribution in [0.3, 0.4) is 0 Å². The summed E-state index contributed by atoms with van der Waals surface area (Å²) in [6.07, 6.45) is 0. The third-order valence-corrected chi connectivity index (χ3v) is 13.4. The Labute approximate surface area is 289 Å².